The number of nitrogens with one attached hydrogen (secondary N) is 2. The number of guanidine groups is 1. The van der Waals surface area contributed by atoms with E-state index < -0.39 is 0 Å². The van der Waals surface area contributed by atoms with E-state index >= 15 is 0 Å². The quantitative estimate of drug-likeness (QED) is 0.189. The maximum absolute atomic E-state index is 11.1. The van der Waals surface area contributed by atoms with Gasteiger partial charge in [-0.2, -0.15) is 0 Å². The highest BCUT2D eigenvalue weighted by Gasteiger charge is 2.12. The number of rotatable bonds is 8. The molecule has 0 heterocycles. The van der Waals surface area contributed by atoms with Gasteiger partial charge in [-0.1, -0.05) is 18.2 Å². The molecule has 2 aromatic rings. The highest BCUT2D eigenvalue weighted by Crippen LogP contribution is 2.25. The molecule has 0 unspecified atom stereocenters. The van der Waals surface area contributed by atoms with Crippen LogP contribution in [-0.2, 0) is 13.1 Å². The normalized spacial score (nSPS) is 10.6. The molecular formula is C19H25IN4O4. The summed E-state index contributed by atoms with van der Waals surface area (Å²) in [4.78, 5) is 15.3. The Bertz CT molecular complexity index is 814. The number of hydrogen-bond acceptors (Lipinski definition) is 5. The highest BCUT2D eigenvalue weighted by molar-refractivity contribution is 14.0. The fourth-order valence-electron chi connectivity index (χ4n) is 2.51. The van der Waals surface area contributed by atoms with E-state index in [9.17, 15) is 10.1 Å². The van der Waals surface area contributed by atoms with Gasteiger partial charge >= 0.3 is 0 Å². The summed E-state index contributed by atoms with van der Waals surface area (Å²) >= 11 is 0. The Balaban J connectivity index is 0.00000392. The predicted octanol–water partition coefficient (Wildman–Crippen LogP) is 3.49. The standard InChI is InChI=1S/C19H24N4O4.HI/c1-4-20-19(21-12-14-7-5-6-8-17(14)23(24)25)22-13-15-9-10-16(26-2)11-18(15)27-3;/h5-11H,4,12-13H2,1-3H3,(H2,20,21,22);1H. The van der Waals surface area contributed by atoms with E-state index in [-0.39, 0.29) is 34.6 Å². The van der Waals surface area contributed by atoms with Crippen molar-refractivity contribution in [3.05, 3.63) is 63.7 Å². The zero-order chi connectivity index (χ0) is 19.6. The number of hydrogen-bond donors (Lipinski definition) is 2. The smallest absolute Gasteiger partial charge is 0.274 e. The van der Waals surface area contributed by atoms with Crippen LogP contribution in [0, 0.1) is 10.1 Å². The molecule has 9 heteroatoms. The summed E-state index contributed by atoms with van der Waals surface area (Å²) in [6, 6.07) is 12.2. The largest absolute Gasteiger partial charge is 0.497 e. The van der Waals surface area contributed by atoms with Crippen molar-refractivity contribution in [3.63, 3.8) is 0 Å². The molecule has 0 spiro atoms. The fraction of sp³-hybridized carbons (Fsp3) is 0.316. The molecule has 28 heavy (non-hydrogen) atoms. The van der Waals surface area contributed by atoms with Crippen molar-refractivity contribution in [2.24, 2.45) is 4.99 Å². The number of halogens is 1. The Morgan fingerprint density at radius 2 is 1.86 bits per heavy atom. The molecule has 0 fully saturated rings. The third-order valence-corrected chi connectivity index (χ3v) is 3.88. The number of ether oxygens (including phenoxy) is 2. The van der Waals surface area contributed by atoms with Crippen molar-refractivity contribution in [2.75, 3.05) is 20.8 Å². The summed E-state index contributed by atoms with van der Waals surface area (Å²) in [6.07, 6.45) is 0. The molecule has 152 valence electrons. The number of nitro benzene ring substituents is 1. The molecule has 0 bridgehead atoms. The maximum atomic E-state index is 11.1. The molecule has 0 aliphatic rings. The molecule has 0 atom stereocenters. The van der Waals surface area contributed by atoms with Gasteiger partial charge in [0.1, 0.15) is 11.5 Å². The van der Waals surface area contributed by atoms with Crippen molar-refractivity contribution in [2.45, 2.75) is 20.0 Å². The molecule has 0 saturated heterocycles. The lowest BCUT2D eigenvalue weighted by Crippen LogP contribution is -2.36. The van der Waals surface area contributed by atoms with E-state index in [2.05, 4.69) is 15.6 Å². The number of para-hydroxylation sites is 1. The molecular weight excluding hydrogens is 475 g/mol. The third kappa shape index (κ3) is 6.55. The lowest BCUT2D eigenvalue weighted by molar-refractivity contribution is -0.385. The van der Waals surface area contributed by atoms with Gasteiger partial charge in [-0.3, -0.25) is 10.1 Å². The zero-order valence-electron chi connectivity index (χ0n) is 16.1. The van der Waals surface area contributed by atoms with Gasteiger partial charge in [-0.25, -0.2) is 4.99 Å². The summed E-state index contributed by atoms with van der Waals surface area (Å²) in [5, 5.41) is 17.4. The molecule has 8 nitrogen and oxygen atoms in total. The van der Waals surface area contributed by atoms with Gasteiger partial charge < -0.3 is 20.1 Å². The van der Waals surface area contributed by atoms with Crippen LogP contribution in [0.5, 0.6) is 11.5 Å². The van der Waals surface area contributed by atoms with Crippen molar-refractivity contribution in [1.82, 2.24) is 10.6 Å². The molecule has 0 aliphatic carbocycles. The minimum absolute atomic E-state index is 0. The van der Waals surface area contributed by atoms with Crippen LogP contribution in [0.25, 0.3) is 0 Å². The lowest BCUT2D eigenvalue weighted by atomic mass is 10.2. The summed E-state index contributed by atoms with van der Waals surface area (Å²) in [7, 11) is 3.20. The van der Waals surface area contributed by atoms with Gasteiger partial charge in [-0.15, -0.1) is 24.0 Å². The maximum Gasteiger partial charge on any atom is 0.274 e. The molecule has 2 aromatic carbocycles. The van der Waals surface area contributed by atoms with Crippen LogP contribution in [0.3, 0.4) is 0 Å². The number of methoxy groups -OCH3 is 2. The summed E-state index contributed by atoms with van der Waals surface area (Å²) in [5.41, 5.74) is 1.58. The summed E-state index contributed by atoms with van der Waals surface area (Å²) < 4.78 is 10.6. The molecule has 2 rings (SSSR count). The van der Waals surface area contributed by atoms with Crippen molar-refractivity contribution in [1.29, 1.82) is 0 Å². The Labute approximate surface area is 181 Å². The van der Waals surface area contributed by atoms with Crippen LogP contribution in [0.4, 0.5) is 5.69 Å². The average molecular weight is 500 g/mol. The number of benzene rings is 2. The lowest BCUT2D eigenvalue weighted by Gasteiger charge is -2.13. The second-order valence-electron chi connectivity index (χ2n) is 5.61. The molecule has 2 N–H and O–H groups in total. The Kier molecular flexibility index (Phi) is 10.1. The van der Waals surface area contributed by atoms with E-state index in [0.717, 1.165) is 5.56 Å². The molecule has 0 aliphatic heterocycles. The van der Waals surface area contributed by atoms with Gasteiger partial charge in [0.15, 0.2) is 5.96 Å². The third-order valence-electron chi connectivity index (χ3n) is 3.88. The van der Waals surface area contributed by atoms with Crippen LogP contribution in [0.15, 0.2) is 47.5 Å². The zero-order valence-corrected chi connectivity index (χ0v) is 18.4. The average Bonchev–Trinajstić information content (AvgIpc) is 2.70. The van der Waals surface area contributed by atoms with E-state index in [0.29, 0.717) is 42.7 Å². The second-order valence-corrected chi connectivity index (χ2v) is 5.61. The predicted molar refractivity (Wildman–Crippen MR) is 120 cm³/mol. The summed E-state index contributed by atoms with van der Waals surface area (Å²) in [5.74, 6) is 1.96. The van der Waals surface area contributed by atoms with Gasteiger partial charge in [0, 0.05) is 36.3 Å². The topological polar surface area (TPSA) is 98.0 Å². The number of aliphatic imine (C=N–C) groups is 1. The SMILES string of the molecule is CCNC(=NCc1ccc(OC)cc1OC)NCc1ccccc1[N+](=O)[O-].I. The molecule has 0 saturated carbocycles. The van der Waals surface area contributed by atoms with Crippen molar-refractivity contribution < 1.29 is 14.4 Å². The fourth-order valence-corrected chi connectivity index (χ4v) is 2.51. The minimum Gasteiger partial charge on any atom is -0.497 e. The monoisotopic (exact) mass is 500 g/mol. The van der Waals surface area contributed by atoms with Crippen LogP contribution >= 0.6 is 24.0 Å². The highest BCUT2D eigenvalue weighted by atomic mass is 127. The number of nitro groups is 1. The minimum atomic E-state index is -0.386. The van der Waals surface area contributed by atoms with Crippen molar-refractivity contribution >= 4 is 35.6 Å². The Morgan fingerprint density at radius 1 is 1.11 bits per heavy atom. The molecule has 0 amide bonds. The van der Waals surface area contributed by atoms with Crippen LogP contribution < -0.4 is 20.1 Å². The van der Waals surface area contributed by atoms with E-state index in [1.165, 1.54) is 6.07 Å². The first kappa shape index (κ1) is 23.5. The van der Waals surface area contributed by atoms with Gasteiger partial charge in [0.05, 0.1) is 25.7 Å². The van der Waals surface area contributed by atoms with Gasteiger partial charge in [0.25, 0.3) is 5.69 Å². The number of nitrogens with zero attached hydrogens (tertiary/aromatic N) is 2. The van der Waals surface area contributed by atoms with E-state index in [1.807, 2.05) is 19.1 Å². The van der Waals surface area contributed by atoms with Gasteiger partial charge in [-0.05, 0) is 19.1 Å². The molecule has 0 radical (unpaired) electrons. The van der Waals surface area contributed by atoms with Crippen LogP contribution in [0.2, 0.25) is 0 Å². The van der Waals surface area contributed by atoms with Gasteiger partial charge in [0.2, 0.25) is 0 Å². The van der Waals surface area contributed by atoms with E-state index in [1.54, 1.807) is 38.5 Å². The first-order chi connectivity index (χ1) is 13.1. The summed E-state index contributed by atoms with van der Waals surface area (Å²) in [6.45, 7) is 3.31. The van der Waals surface area contributed by atoms with Crippen LogP contribution in [0.1, 0.15) is 18.1 Å². The first-order valence-electron chi connectivity index (χ1n) is 8.54. The Hall–Kier alpha value is -2.56. The molecule has 0 aromatic heterocycles. The first-order valence-corrected chi connectivity index (χ1v) is 8.54. The van der Waals surface area contributed by atoms with Crippen LogP contribution in [-0.4, -0.2) is 31.6 Å². The second kappa shape index (κ2) is 12.0. The Morgan fingerprint density at radius 3 is 2.50 bits per heavy atom. The van der Waals surface area contributed by atoms with E-state index in [4.69, 9.17) is 9.47 Å². The van der Waals surface area contributed by atoms with Crippen molar-refractivity contribution in [3.8, 4) is 11.5 Å².